The molecule has 3 rings (SSSR count). The minimum Gasteiger partial charge on any atom is -0.383 e. The maximum atomic E-state index is 10.9. The van der Waals surface area contributed by atoms with Crippen molar-refractivity contribution in [1.29, 1.82) is 0 Å². The third kappa shape index (κ3) is 2.30. The Morgan fingerprint density at radius 1 is 1.35 bits per heavy atom. The first-order valence-electron chi connectivity index (χ1n) is 5.76. The van der Waals surface area contributed by atoms with Crippen LogP contribution in [0.2, 0.25) is 0 Å². The van der Waals surface area contributed by atoms with Gasteiger partial charge in [0.2, 0.25) is 5.52 Å². The second kappa shape index (κ2) is 5.21. The number of anilines is 1. The van der Waals surface area contributed by atoms with Gasteiger partial charge in [0.15, 0.2) is 5.52 Å². The molecule has 0 saturated heterocycles. The minimum absolute atomic E-state index is 0.119. The molecule has 8 nitrogen and oxygen atoms in total. The lowest BCUT2D eigenvalue weighted by Crippen LogP contribution is -2.05. The van der Waals surface area contributed by atoms with Gasteiger partial charge in [0.05, 0.1) is 21.8 Å². The smallest absolute Gasteiger partial charge is 0.300 e. The van der Waals surface area contributed by atoms with Crippen molar-refractivity contribution < 1.29 is 9.55 Å². The van der Waals surface area contributed by atoms with Crippen LogP contribution in [-0.4, -0.2) is 26.8 Å². The molecule has 0 aliphatic carbocycles. The van der Waals surface area contributed by atoms with Crippen LogP contribution in [0.15, 0.2) is 27.7 Å². The molecule has 102 valence electrons. The van der Waals surface area contributed by atoms with Crippen molar-refractivity contribution in [1.82, 2.24) is 15.3 Å². The average molecular weight is 291 g/mol. The van der Waals surface area contributed by atoms with Crippen LogP contribution < -0.4 is 5.32 Å². The van der Waals surface area contributed by atoms with Gasteiger partial charge >= 0.3 is 5.69 Å². The highest BCUT2D eigenvalue weighted by atomic mass is 32.1. The Morgan fingerprint density at radius 3 is 2.95 bits per heavy atom. The number of nitro benzene ring substituents is 1. The minimum atomic E-state index is -0.508. The van der Waals surface area contributed by atoms with Gasteiger partial charge in [-0.2, -0.15) is 0 Å². The predicted molar refractivity (Wildman–Crippen MR) is 72.8 cm³/mol. The van der Waals surface area contributed by atoms with Gasteiger partial charge in [-0.15, -0.1) is 11.3 Å². The fourth-order valence-corrected chi connectivity index (χ4v) is 2.42. The van der Waals surface area contributed by atoms with E-state index in [0.29, 0.717) is 17.7 Å². The molecule has 3 aromatic rings. The number of nitro groups is 1. The zero-order valence-electron chi connectivity index (χ0n) is 10.1. The molecule has 0 fully saturated rings. The fourth-order valence-electron chi connectivity index (χ4n) is 1.83. The Morgan fingerprint density at radius 2 is 2.20 bits per heavy atom. The second-order valence-electron chi connectivity index (χ2n) is 4.01. The number of hydrogen-bond acceptors (Lipinski definition) is 8. The van der Waals surface area contributed by atoms with Crippen LogP contribution in [0.5, 0.6) is 0 Å². The van der Waals surface area contributed by atoms with Gasteiger partial charge in [0.1, 0.15) is 0 Å². The van der Waals surface area contributed by atoms with E-state index >= 15 is 0 Å². The molecule has 2 heterocycles. The van der Waals surface area contributed by atoms with E-state index in [9.17, 15) is 10.1 Å². The summed E-state index contributed by atoms with van der Waals surface area (Å²) in [5.41, 5.74) is 3.82. The van der Waals surface area contributed by atoms with Gasteiger partial charge in [-0.25, -0.2) is 9.61 Å². The lowest BCUT2D eigenvalue weighted by atomic mass is 10.2. The van der Waals surface area contributed by atoms with Gasteiger partial charge in [-0.1, -0.05) is 0 Å². The lowest BCUT2D eigenvalue weighted by Gasteiger charge is -2.04. The Kier molecular flexibility index (Phi) is 3.25. The van der Waals surface area contributed by atoms with Crippen LogP contribution in [0, 0.1) is 10.1 Å². The van der Waals surface area contributed by atoms with E-state index in [2.05, 4.69) is 25.2 Å². The van der Waals surface area contributed by atoms with Crippen molar-refractivity contribution in [2.24, 2.45) is 0 Å². The second-order valence-corrected chi connectivity index (χ2v) is 4.73. The van der Waals surface area contributed by atoms with E-state index in [0.717, 1.165) is 12.1 Å². The summed E-state index contributed by atoms with van der Waals surface area (Å²) in [5, 5.41) is 23.3. The highest BCUT2D eigenvalue weighted by Crippen LogP contribution is 2.28. The maximum Gasteiger partial charge on any atom is 0.300 e. The van der Waals surface area contributed by atoms with Gasteiger partial charge < -0.3 is 5.32 Å². The van der Waals surface area contributed by atoms with Crippen molar-refractivity contribution in [3.63, 3.8) is 0 Å². The van der Waals surface area contributed by atoms with E-state index in [-0.39, 0.29) is 11.2 Å². The third-order valence-corrected chi connectivity index (χ3v) is 3.41. The molecule has 2 aromatic heterocycles. The van der Waals surface area contributed by atoms with Crippen molar-refractivity contribution >= 4 is 33.7 Å². The first-order chi connectivity index (χ1) is 9.75. The normalized spacial score (nSPS) is 10.8. The molecule has 9 heteroatoms. The first kappa shape index (κ1) is 12.5. The zero-order chi connectivity index (χ0) is 13.9. The molecular formula is C11H9N5O3S. The molecule has 0 atom stereocenters. The summed E-state index contributed by atoms with van der Waals surface area (Å²) in [6, 6.07) is 2.99. The first-order valence-corrected chi connectivity index (χ1v) is 6.70. The van der Waals surface area contributed by atoms with Crippen LogP contribution in [0.25, 0.3) is 11.0 Å². The number of nitrogens with one attached hydrogen (secondary N) is 1. The molecule has 0 bridgehead atoms. The van der Waals surface area contributed by atoms with Crippen molar-refractivity contribution in [3.05, 3.63) is 38.8 Å². The quantitative estimate of drug-likeness (QED) is 0.567. The number of nitrogens with zero attached hydrogens (tertiary/aromatic N) is 4. The van der Waals surface area contributed by atoms with Crippen molar-refractivity contribution in [2.75, 3.05) is 11.9 Å². The molecule has 0 amide bonds. The van der Waals surface area contributed by atoms with Crippen molar-refractivity contribution in [3.8, 4) is 0 Å². The maximum absolute atomic E-state index is 10.9. The number of non-ortho nitro benzene ring substituents is 1. The monoisotopic (exact) mass is 291 g/mol. The molecule has 0 unspecified atom stereocenters. The van der Waals surface area contributed by atoms with Crippen LogP contribution >= 0.6 is 11.3 Å². The van der Waals surface area contributed by atoms with E-state index in [1.54, 1.807) is 22.9 Å². The lowest BCUT2D eigenvalue weighted by molar-refractivity contribution is -0.383. The highest BCUT2D eigenvalue weighted by Gasteiger charge is 2.19. The number of fused-ring (bicyclic) bond motifs is 1. The summed E-state index contributed by atoms with van der Waals surface area (Å²) in [7, 11) is 0. The Bertz CT molecular complexity index is 740. The van der Waals surface area contributed by atoms with Crippen LogP contribution in [0.1, 0.15) is 5.69 Å². The molecule has 0 spiro atoms. The number of aromatic nitrogens is 3. The number of thiazole rings is 1. The largest absolute Gasteiger partial charge is 0.383 e. The molecule has 1 aromatic carbocycles. The Labute approximate surface area is 116 Å². The van der Waals surface area contributed by atoms with Crippen LogP contribution in [0.4, 0.5) is 11.4 Å². The van der Waals surface area contributed by atoms with E-state index in [1.165, 1.54) is 6.07 Å². The number of benzene rings is 1. The van der Waals surface area contributed by atoms with Gasteiger partial charge in [-0.3, -0.25) is 10.1 Å². The summed E-state index contributed by atoms with van der Waals surface area (Å²) >= 11 is 1.54. The van der Waals surface area contributed by atoms with Gasteiger partial charge in [-0.05, 0) is 16.4 Å². The van der Waals surface area contributed by atoms with E-state index in [1.807, 2.05) is 5.38 Å². The molecule has 0 radical (unpaired) electrons. The van der Waals surface area contributed by atoms with E-state index < -0.39 is 4.92 Å². The molecule has 20 heavy (non-hydrogen) atoms. The standard InChI is InChI=1S/C11H9N5O3S/c17-16(18)9-2-1-8(10-11(9)15-19-14-10)12-4-3-7-5-20-6-13-7/h1-2,5-6,12H,3-4H2. The third-order valence-electron chi connectivity index (χ3n) is 2.77. The Hall–Kier alpha value is -2.55. The van der Waals surface area contributed by atoms with Crippen LogP contribution in [0.3, 0.4) is 0 Å². The average Bonchev–Trinajstić information content (AvgIpc) is 3.09. The van der Waals surface area contributed by atoms with Crippen LogP contribution in [-0.2, 0) is 6.42 Å². The zero-order valence-corrected chi connectivity index (χ0v) is 11.0. The molecule has 0 saturated carbocycles. The number of hydrogen-bond donors (Lipinski definition) is 1. The topological polar surface area (TPSA) is 107 Å². The molecule has 0 aliphatic heterocycles. The summed E-state index contributed by atoms with van der Waals surface area (Å²) in [5.74, 6) is 0. The molecule has 1 N–H and O–H groups in total. The molecule has 0 aliphatic rings. The van der Waals surface area contributed by atoms with Gasteiger partial charge in [0.25, 0.3) is 0 Å². The molecular weight excluding hydrogens is 282 g/mol. The fraction of sp³-hybridized carbons (Fsp3) is 0.182. The highest BCUT2D eigenvalue weighted by molar-refractivity contribution is 7.07. The van der Waals surface area contributed by atoms with Gasteiger partial charge in [0, 0.05) is 24.4 Å². The summed E-state index contributed by atoms with van der Waals surface area (Å²) < 4.78 is 4.59. The number of rotatable bonds is 5. The summed E-state index contributed by atoms with van der Waals surface area (Å²) in [4.78, 5) is 14.5. The van der Waals surface area contributed by atoms with E-state index in [4.69, 9.17) is 0 Å². The summed E-state index contributed by atoms with van der Waals surface area (Å²) in [6.45, 7) is 0.642. The SMILES string of the molecule is O=[N+]([O-])c1ccc(NCCc2cscn2)c2nonc12. The predicted octanol–water partition coefficient (Wildman–Crippen LogP) is 2.24. The summed E-state index contributed by atoms with van der Waals surface area (Å²) in [6.07, 6.45) is 0.757. The van der Waals surface area contributed by atoms with Crippen molar-refractivity contribution in [2.45, 2.75) is 6.42 Å². The Balaban J connectivity index is 1.80.